The zero-order valence-corrected chi connectivity index (χ0v) is 45.9. The van der Waals surface area contributed by atoms with Crippen LogP contribution in [0.25, 0.3) is 55.6 Å². The first kappa shape index (κ1) is 50.3. The van der Waals surface area contributed by atoms with E-state index in [2.05, 4.69) is 205 Å². The Bertz CT molecular complexity index is 2780. The number of benzene rings is 6. The Balaban J connectivity index is 1.18. The van der Waals surface area contributed by atoms with Crippen LogP contribution in [0.1, 0.15) is 199 Å². The van der Waals surface area contributed by atoms with Gasteiger partial charge in [-0.2, -0.15) is 0 Å². The molecule has 0 aliphatic heterocycles. The van der Waals surface area contributed by atoms with Crippen LogP contribution in [0.5, 0.6) is 0 Å². The predicted octanol–water partition coefficient (Wildman–Crippen LogP) is 20.7. The SMILES string of the molecule is Cc1ccc2c(c1)C(CCC(C)C)(CCC(C)C)c1cc(-c3ccc4c(c3)C(CCC(C)C)(CCC(C)C)c3cc(-c5ccc6c(c5)C(CCC(C)C)(CCC(C)C)c5ccccc5-6)ccc3-4)ccc1-2. The maximum Gasteiger partial charge on any atom is 0.0215 e. The zero-order chi connectivity index (χ0) is 49.7. The molecule has 0 atom stereocenters. The molecule has 0 spiro atoms. The molecule has 3 aliphatic rings. The third-order valence-corrected chi connectivity index (χ3v) is 17.7. The van der Waals surface area contributed by atoms with E-state index in [1.54, 1.807) is 33.4 Å². The molecule has 368 valence electrons. The van der Waals surface area contributed by atoms with E-state index in [1.165, 1.54) is 138 Å². The average molecular weight is 929 g/mol. The van der Waals surface area contributed by atoms with Gasteiger partial charge in [-0.25, -0.2) is 0 Å². The zero-order valence-electron chi connectivity index (χ0n) is 45.9. The molecule has 6 aromatic rings. The van der Waals surface area contributed by atoms with Crippen molar-refractivity contribution in [3.05, 3.63) is 154 Å². The third-order valence-electron chi connectivity index (χ3n) is 17.7. The molecule has 3 aliphatic carbocycles. The molecule has 6 aromatic carbocycles. The van der Waals surface area contributed by atoms with Crippen molar-refractivity contribution in [3.63, 3.8) is 0 Å². The molecule has 0 radical (unpaired) electrons. The van der Waals surface area contributed by atoms with Gasteiger partial charge in [-0.1, -0.05) is 180 Å². The molecule has 0 nitrogen and oxygen atoms in total. The van der Waals surface area contributed by atoms with Crippen molar-refractivity contribution in [3.8, 4) is 55.6 Å². The summed E-state index contributed by atoms with van der Waals surface area (Å²) >= 11 is 0. The summed E-state index contributed by atoms with van der Waals surface area (Å²) in [7, 11) is 0. The summed E-state index contributed by atoms with van der Waals surface area (Å²) in [5.74, 6) is 3.92. The fraction of sp³-hybridized carbons (Fsp3) is 0.486. The van der Waals surface area contributed by atoms with E-state index in [0.29, 0.717) is 35.5 Å². The summed E-state index contributed by atoms with van der Waals surface area (Å²) in [6.45, 7) is 31.3. The lowest BCUT2D eigenvalue weighted by atomic mass is 9.68. The Kier molecular flexibility index (Phi) is 14.4. The molecule has 0 bridgehead atoms. The van der Waals surface area contributed by atoms with Crippen molar-refractivity contribution in [1.29, 1.82) is 0 Å². The Morgan fingerprint density at radius 3 is 0.814 bits per heavy atom. The maximum atomic E-state index is 2.68. The number of hydrogen-bond acceptors (Lipinski definition) is 0. The second-order valence-corrected chi connectivity index (χ2v) is 25.5. The second-order valence-electron chi connectivity index (χ2n) is 25.5. The minimum absolute atomic E-state index is 0.0335. The van der Waals surface area contributed by atoms with E-state index in [0.717, 1.165) is 0 Å². The van der Waals surface area contributed by atoms with Gasteiger partial charge in [0.05, 0.1) is 0 Å². The Morgan fingerprint density at radius 1 is 0.271 bits per heavy atom. The molecule has 0 aromatic heterocycles. The molecule has 0 unspecified atom stereocenters. The molecular weight excluding hydrogens is 841 g/mol. The fourth-order valence-corrected chi connectivity index (χ4v) is 13.5. The van der Waals surface area contributed by atoms with Crippen molar-refractivity contribution in [2.24, 2.45) is 35.5 Å². The van der Waals surface area contributed by atoms with Crippen molar-refractivity contribution in [2.45, 2.75) is 183 Å². The van der Waals surface area contributed by atoms with Gasteiger partial charge in [-0.3, -0.25) is 0 Å². The Labute approximate surface area is 426 Å². The van der Waals surface area contributed by atoms with Gasteiger partial charge < -0.3 is 0 Å². The van der Waals surface area contributed by atoms with Gasteiger partial charge in [0, 0.05) is 16.2 Å². The van der Waals surface area contributed by atoms with Gasteiger partial charge in [-0.15, -0.1) is 0 Å². The molecule has 0 amide bonds. The smallest absolute Gasteiger partial charge is 0.0215 e. The second kappa shape index (κ2) is 20.1. The van der Waals surface area contributed by atoms with Crippen molar-refractivity contribution in [2.75, 3.05) is 0 Å². The normalized spacial score (nSPS) is 15.6. The highest BCUT2D eigenvalue weighted by Gasteiger charge is 2.46. The van der Waals surface area contributed by atoms with Gasteiger partial charge >= 0.3 is 0 Å². The fourth-order valence-electron chi connectivity index (χ4n) is 13.5. The van der Waals surface area contributed by atoms with E-state index in [1.807, 2.05) is 0 Å². The number of hydrogen-bond donors (Lipinski definition) is 0. The topological polar surface area (TPSA) is 0 Å². The lowest BCUT2D eigenvalue weighted by Crippen LogP contribution is -2.27. The first-order chi connectivity index (χ1) is 33.5. The van der Waals surface area contributed by atoms with Gasteiger partial charge in [0.25, 0.3) is 0 Å². The van der Waals surface area contributed by atoms with Crippen LogP contribution in [0.4, 0.5) is 0 Å². The van der Waals surface area contributed by atoms with Gasteiger partial charge in [-0.05, 0) is 233 Å². The van der Waals surface area contributed by atoms with E-state index in [9.17, 15) is 0 Å². The van der Waals surface area contributed by atoms with Crippen LogP contribution < -0.4 is 0 Å². The first-order valence-corrected chi connectivity index (χ1v) is 28.3. The highest BCUT2D eigenvalue weighted by Crippen LogP contribution is 2.59. The van der Waals surface area contributed by atoms with Crippen LogP contribution in [0, 0.1) is 42.4 Å². The highest BCUT2D eigenvalue weighted by atomic mass is 14.5. The largest absolute Gasteiger partial charge is 0.0628 e. The summed E-state index contributed by atoms with van der Waals surface area (Å²) in [5.41, 5.74) is 25.0. The number of rotatable bonds is 20. The van der Waals surface area contributed by atoms with E-state index >= 15 is 0 Å². The van der Waals surface area contributed by atoms with E-state index in [-0.39, 0.29) is 16.2 Å². The molecular formula is C70H88. The van der Waals surface area contributed by atoms with Crippen molar-refractivity contribution in [1.82, 2.24) is 0 Å². The first-order valence-electron chi connectivity index (χ1n) is 28.3. The predicted molar refractivity (Wildman–Crippen MR) is 305 cm³/mol. The lowest BCUT2D eigenvalue weighted by molar-refractivity contribution is 0.364. The Hall–Kier alpha value is -4.68. The quantitative estimate of drug-likeness (QED) is 0.0716. The minimum Gasteiger partial charge on any atom is -0.0628 e. The van der Waals surface area contributed by atoms with Crippen LogP contribution in [-0.2, 0) is 16.2 Å². The molecule has 0 fully saturated rings. The van der Waals surface area contributed by atoms with Crippen molar-refractivity contribution >= 4 is 0 Å². The van der Waals surface area contributed by atoms with Crippen LogP contribution in [0.3, 0.4) is 0 Å². The summed E-state index contributed by atoms with van der Waals surface area (Å²) in [5, 5.41) is 0. The van der Waals surface area contributed by atoms with Crippen LogP contribution in [0.15, 0.2) is 115 Å². The summed E-state index contributed by atoms with van der Waals surface area (Å²) in [4.78, 5) is 0. The van der Waals surface area contributed by atoms with Crippen molar-refractivity contribution < 1.29 is 0 Å². The molecule has 0 saturated heterocycles. The Morgan fingerprint density at radius 2 is 0.514 bits per heavy atom. The van der Waals surface area contributed by atoms with E-state index in [4.69, 9.17) is 0 Å². The van der Waals surface area contributed by atoms with Crippen LogP contribution >= 0.6 is 0 Å². The molecule has 0 heterocycles. The third kappa shape index (κ3) is 9.22. The molecule has 0 heteroatoms. The maximum absolute atomic E-state index is 2.68. The summed E-state index contributed by atoms with van der Waals surface area (Å²) in [6.07, 6.45) is 14.5. The highest BCUT2D eigenvalue weighted by molar-refractivity contribution is 5.89. The minimum atomic E-state index is -0.0563. The van der Waals surface area contributed by atoms with Gasteiger partial charge in [0.2, 0.25) is 0 Å². The molecule has 70 heavy (non-hydrogen) atoms. The van der Waals surface area contributed by atoms with Crippen LogP contribution in [0.2, 0.25) is 0 Å². The average Bonchev–Trinajstić information content (AvgIpc) is 3.88. The standard InChI is InChI=1S/C70H88/c1-45(2)28-34-68(35-29-46(3)4)62-17-15-14-16-56(62)58-24-19-52(41-64(58)68)54-21-26-60-61-27-22-55(44-67(61)70(66(60)43-54,38-32-49(9)10)39-33-50(11)12)53-20-25-59-57-23-18-51(13)40-63(57)69(65(59)42-53,36-30-47(5)6)37-31-48(7)8/h14-27,40-50H,28-39H2,1-13H3. The lowest BCUT2D eigenvalue weighted by Gasteiger charge is -2.35. The van der Waals surface area contributed by atoms with Gasteiger partial charge in [0.15, 0.2) is 0 Å². The number of aryl methyl sites for hydroxylation is 1. The number of fused-ring (bicyclic) bond motifs is 9. The molecule has 0 N–H and O–H groups in total. The summed E-state index contributed by atoms with van der Waals surface area (Å²) < 4.78 is 0. The monoisotopic (exact) mass is 929 g/mol. The van der Waals surface area contributed by atoms with E-state index < -0.39 is 0 Å². The molecule has 9 rings (SSSR count). The molecule has 0 saturated carbocycles. The van der Waals surface area contributed by atoms with Crippen LogP contribution in [-0.4, -0.2) is 0 Å². The summed E-state index contributed by atoms with van der Waals surface area (Å²) in [6, 6.07) is 47.3. The van der Waals surface area contributed by atoms with Gasteiger partial charge in [0.1, 0.15) is 0 Å².